The zero-order valence-electron chi connectivity index (χ0n) is 11.3. The molecule has 0 aromatic heterocycles. The molecular formula is C13H20FN2O2S+. The largest absolute Gasteiger partial charge is 0.337 e. The Labute approximate surface area is 113 Å². The van der Waals surface area contributed by atoms with E-state index in [1.165, 1.54) is 33.5 Å². The average molecular weight is 287 g/mol. The number of quaternary nitrogens is 1. The minimum atomic E-state index is -3.52. The van der Waals surface area contributed by atoms with Crippen LogP contribution < -0.4 is 4.90 Å². The number of piperidine rings is 1. The fraction of sp³-hybridized carbons (Fsp3) is 0.538. The van der Waals surface area contributed by atoms with Gasteiger partial charge in [-0.05, 0) is 24.3 Å². The van der Waals surface area contributed by atoms with Crippen LogP contribution in [0.25, 0.3) is 0 Å². The lowest BCUT2D eigenvalue weighted by atomic mass is 10.1. The number of likely N-dealkylation sites (tertiary alicyclic amines) is 1. The topological polar surface area (TPSA) is 41.8 Å². The molecule has 0 aliphatic carbocycles. The van der Waals surface area contributed by atoms with Crippen LogP contribution in [0.1, 0.15) is 12.8 Å². The van der Waals surface area contributed by atoms with E-state index in [4.69, 9.17) is 0 Å². The molecule has 0 bridgehead atoms. The highest BCUT2D eigenvalue weighted by Gasteiger charge is 2.31. The minimum absolute atomic E-state index is 0.0405. The standard InChI is InChI=1S/C13H19FN2O2S/c1-15-9-7-12(8-10-15)16(2)19(17,18)13-5-3-11(14)4-6-13/h3-6,12H,7-10H2,1-2H3/p+1. The molecule has 1 aromatic carbocycles. The van der Waals surface area contributed by atoms with Crippen LogP contribution in [0.2, 0.25) is 0 Å². The van der Waals surface area contributed by atoms with Gasteiger partial charge >= 0.3 is 0 Å². The van der Waals surface area contributed by atoms with E-state index in [1.807, 2.05) is 0 Å². The summed E-state index contributed by atoms with van der Waals surface area (Å²) >= 11 is 0. The van der Waals surface area contributed by atoms with Crippen molar-refractivity contribution in [1.82, 2.24) is 4.31 Å². The van der Waals surface area contributed by atoms with E-state index in [-0.39, 0.29) is 10.9 Å². The van der Waals surface area contributed by atoms with Gasteiger partial charge in [-0.15, -0.1) is 0 Å². The number of halogens is 1. The van der Waals surface area contributed by atoms with Crippen molar-refractivity contribution in [3.8, 4) is 0 Å². The van der Waals surface area contributed by atoms with Crippen molar-refractivity contribution >= 4 is 10.0 Å². The number of sulfonamides is 1. The lowest BCUT2D eigenvalue weighted by molar-refractivity contribution is -0.885. The molecule has 0 saturated carbocycles. The summed E-state index contributed by atoms with van der Waals surface area (Å²) < 4.78 is 39.1. The molecular weight excluding hydrogens is 267 g/mol. The lowest BCUT2D eigenvalue weighted by Crippen LogP contribution is -3.10. The van der Waals surface area contributed by atoms with Crippen molar-refractivity contribution in [3.63, 3.8) is 0 Å². The summed E-state index contributed by atoms with van der Waals surface area (Å²) in [6.45, 7) is 1.96. The number of nitrogens with zero attached hydrogens (tertiary/aromatic N) is 1. The quantitative estimate of drug-likeness (QED) is 0.858. The molecule has 4 nitrogen and oxygen atoms in total. The number of rotatable bonds is 3. The molecule has 0 atom stereocenters. The van der Waals surface area contributed by atoms with Crippen molar-refractivity contribution in [3.05, 3.63) is 30.1 Å². The van der Waals surface area contributed by atoms with E-state index in [0.717, 1.165) is 25.9 Å². The SMILES string of the molecule is CN(C1CC[NH+](C)CC1)S(=O)(=O)c1ccc(F)cc1. The highest BCUT2D eigenvalue weighted by Crippen LogP contribution is 2.20. The maximum absolute atomic E-state index is 12.9. The van der Waals surface area contributed by atoms with Crippen LogP contribution in [-0.4, -0.2) is 45.9 Å². The second kappa shape index (κ2) is 5.56. The van der Waals surface area contributed by atoms with Crippen molar-refractivity contribution in [2.24, 2.45) is 0 Å². The van der Waals surface area contributed by atoms with Gasteiger partial charge in [0.25, 0.3) is 0 Å². The molecule has 0 spiro atoms. The zero-order valence-corrected chi connectivity index (χ0v) is 12.1. The Bertz CT molecular complexity index is 522. The zero-order chi connectivity index (χ0) is 14.0. The smallest absolute Gasteiger partial charge is 0.243 e. The first-order valence-corrected chi connectivity index (χ1v) is 7.90. The van der Waals surface area contributed by atoms with E-state index in [9.17, 15) is 12.8 Å². The molecule has 1 saturated heterocycles. The fourth-order valence-electron chi connectivity index (χ4n) is 2.43. The van der Waals surface area contributed by atoms with Gasteiger partial charge in [0.15, 0.2) is 0 Å². The molecule has 1 aromatic rings. The van der Waals surface area contributed by atoms with Gasteiger partial charge in [-0.2, -0.15) is 4.31 Å². The Hall–Kier alpha value is -0.980. The van der Waals surface area contributed by atoms with E-state index in [2.05, 4.69) is 7.05 Å². The summed E-state index contributed by atoms with van der Waals surface area (Å²) in [6.07, 6.45) is 1.73. The number of hydrogen-bond donors (Lipinski definition) is 1. The minimum Gasteiger partial charge on any atom is -0.337 e. The van der Waals surface area contributed by atoms with Gasteiger partial charge in [-0.1, -0.05) is 0 Å². The first-order chi connectivity index (χ1) is 8.91. The van der Waals surface area contributed by atoms with Gasteiger partial charge in [0, 0.05) is 25.9 Å². The number of benzene rings is 1. The Morgan fingerprint density at radius 3 is 2.26 bits per heavy atom. The molecule has 0 amide bonds. The van der Waals surface area contributed by atoms with Crippen molar-refractivity contribution in [1.29, 1.82) is 0 Å². The fourth-order valence-corrected chi connectivity index (χ4v) is 3.84. The Kier molecular flexibility index (Phi) is 4.23. The Morgan fingerprint density at radius 1 is 1.21 bits per heavy atom. The predicted octanol–water partition coefficient (Wildman–Crippen LogP) is 0.123. The van der Waals surface area contributed by atoms with Crippen LogP contribution in [0.15, 0.2) is 29.2 Å². The van der Waals surface area contributed by atoms with Crippen molar-refractivity contribution in [2.45, 2.75) is 23.8 Å². The summed E-state index contributed by atoms with van der Waals surface area (Å²) in [5.41, 5.74) is 0. The molecule has 106 valence electrons. The van der Waals surface area contributed by atoms with Gasteiger partial charge < -0.3 is 4.90 Å². The summed E-state index contributed by atoms with van der Waals surface area (Å²) in [7, 11) is 0.215. The first-order valence-electron chi connectivity index (χ1n) is 6.46. The maximum atomic E-state index is 12.9. The van der Waals surface area contributed by atoms with Gasteiger partial charge in [0.2, 0.25) is 10.0 Å². The van der Waals surface area contributed by atoms with Crippen LogP contribution >= 0.6 is 0 Å². The second-order valence-electron chi connectivity index (χ2n) is 5.16. The molecule has 1 N–H and O–H groups in total. The predicted molar refractivity (Wildman–Crippen MR) is 71.0 cm³/mol. The van der Waals surface area contributed by atoms with E-state index in [1.54, 1.807) is 7.05 Å². The first kappa shape index (κ1) is 14.4. The normalized spacial score (nSPS) is 24.6. The van der Waals surface area contributed by atoms with Crippen LogP contribution in [0, 0.1) is 5.82 Å². The molecule has 1 heterocycles. The Morgan fingerprint density at radius 2 is 1.74 bits per heavy atom. The Balaban J connectivity index is 2.17. The molecule has 1 aliphatic rings. The van der Waals surface area contributed by atoms with Crippen LogP contribution in [0.4, 0.5) is 4.39 Å². The monoisotopic (exact) mass is 287 g/mol. The van der Waals surface area contributed by atoms with E-state index < -0.39 is 15.8 Å². The molecule has 1 aliphatic heterocycles. The lowest BCUT2D eigenvalue weighted by Gasteiger charge is -2.32. The number of nitrogens with one attached hydrogen (secondary N) is 1. The second-order valence-corrected chi connectivity index (χ2v) is 7.16. The van der Waals surface area contributed by atoms with Gasteiger partial charge in [-0.3, -0.25) is 0 Å². The summed E-state index contributed by atoms with van der Waals surface area (Å²) in [4.78, 5) is 1.59. The third-order valence-electron chi connectivity index (χ3n) is 3.81. The molecule has 0 unspecified atom stereocenters. The number of hydrogen-bond acceptors (Lipinski definition) is 2. The summed E-state index contributed by atoms with van der Waals surface area (Å²) in [5, 5.41) is 0. The molecule has 19 heavy (non-hydrogen) atoms. The third-order valence-corrected chi connectivity index (χ3v) is 5.74. The van der Waals surface area contributed by atoms with Crippen LogP contribution in [0.3, 0.4) is 0 Å². The summed E-state index contributed by atoms with van der Waals surface area (Å²) in [6, 6.07) is 5.04. The van der Waals surface area contributed by atoms with Gasteiger partial charge in [-0.25, -0.2) is 12.8 Å². The summed E-state index contributed by atoms with van der Waals surface area (Å²) in [5.74, 6) is -0.426. The van der Waals surface area contributed by atoms with Gasteiger partial charge in [0.1, 0.15) is 5.82 Å². The van der Waals surface area contributed by atoms with Crippen molar-refractivity contribution < 1.29 is 17.7 Å². The highest BCUT2D eigenvalue weighted by molar-refractivity contribution is 7.89. The average Bonchev–Trinajstić information content (AvgIpc) is 2.39. The van der Waals surface area contributed by atoms with Gasteiger partial charge in [0.05, 0.1) is 25.0 Å². The van der Waals surface area contributed by atoms with E-state index >= 15 is 0 Å². The van der Waals surface area contributed by atoms with Crippen molar-refractivity contribution in [2.75, 3.05) is 27.2 Å². The van der Waals surface area contributed by atoms with Crippen LogP contribution in [-0.2, 0) is 10.0 Å². The third kappa shape index (κ3) is 3.13. The van der Waals surface area contributed by atoms with Crippen LogP contribution in [0.5, 0.6) is 0 Å². The maximum Gasteiger partial charge on any atom is 0.243 e. The molecule has 0 radical (unpaired) electrons. The van der Waals surface area contributed by atoms with E-state index in [0.29, 0.717) is 0 Å². The molecule has 6 heteroatoms. The molecule has 1 fully saturated rings. The highest BCUT2D eigenvalue weighted by atomic mass is 32.2. The molecule has 2 rings (SSSR count).